The van der Waals surface area contributed by atoms with E-state index in [0.717, 1.165) is 25.7 Å². The topological polar surface area (TPSA) is 149 Å². The van der Waals surface area contributed by atoms with Crippen molar-refractivity contribution in [1.29, 1.82) is 0 Å². The minimum atomic E-state index is -3.49. The average Bonchev–Trinajstić information content (AvgIpc) is 3.38. The third kappa shape index (κ3) is 7.30. The highest BCUT2D eigenvalue weighted by Crippen LogP contribution is 2.22. The first-order chi connectivity index (χ1) is 16.8. The summed E-state index contributed by atoms with van der Waals surface area (Å²) in [6.45, 7) is 0.347. The van der Waals surface area contributed by atoms with E-state index >= 15 is 0 Å². The number of ether oxygens (including phenoxy) is 1. The van der Waals surface area contributed by atoms with Crippen LogP contribution in [0.4, 0.5) is 5.82 Å². The van der Waals surface area contributed by atoms with Gasteiger partial charge in [0, 0.05) is 26.3 Å². The standard InChI is InChI=1S/C23H29N5O6S/c1-24-22(29)19-14-26-20(15-25-19)27-23(30)21(28-34-17-6-3-4-7-17)16-8-10-18(11-9-16)35(31,32)13-5-12-33-2/h8-11,14-15,17H,3-7,12-13H2,1-2H3,(H,24,29)(H,26,27,30)/b28-21+. The summed E-state index contributed by atoms with van der Waals surface area (Å²) < 4.78 is 30.0. The van der Waals surface area contributed by atoms with Crippen molar-refractivity contribution < 1.29 is 27.6 Å². The molecule has 1 aliphatic rings. The number of oxime groups is 1. The molecule has 2 N–H and O–H groups in total. The van der Waals surface area contributed by atoms with E-state index in [9.17, 15) is 18.0 Å². The van der Waals surface area contributed by atoms with Crippen LogP contribution >= 0.6 is 0 Å². The Bertz CT molecular complexity index is 1140. The van der Waals surface area contributed by atoms with Gasteiger partial charge in [0.05, 0.1) is 23.0 Å². The number of carbonyl (C=O) groups excluding carboxylic acids is 2. The predicted octanol–water partition coefficient (Wildman–Crippen LogP) is 1.95. The lowest BCUT2D eigenvalue weighted by molar-refractivity contribution is -0.110. The molecule has 12 heteroatoms. The smallest absolute Gasteiger partial charge is 0.279 e. The Kier molecular flexibility index (Phi) is 9.26. The molecule has 11 nitrogen and oxygen atoms in total. The fraction of sp³-hybridized carbons (Fsp3) is 0.435. The molecule has 1 aromatic heterocycles. The van der Waals surface area contributed by atoms with Crippen molar-refractivity contribution in [2.75, 3.05) is 31.8 Å². The number of amides is 2. The van der Waals surface area contributed by atoms with Crippen molar-refractivity contribution in [2.24, 2.45) is 5.16 Å². The number of benzene rings is 1. The van der Waals surface area contributed by atoms with Crippen LogP contribution in [-0.2, 0) is 24.2 Å². The highest BCUT2D eigenvalue weighted by molar-refractivity contribution is 7.91. The molecule has 1 heterocycles. The van der Waals surface area contributed by atoms with E-state index in [4.69, 9.17) is 9.57 Å². The van der Waals surface area contributed by atoms with Crippen molar-refractivity contribution in [3.63, 3.8) is 0 Å². The number of sulfone groups is 1. The van der Waals surface area contributed by atoms with Crippen LogP contribution in [0.15, 0.2) is 46.7 Å². The predicted molar refractivity (Wildman–Crippen MR) is 129 cm³/mol. The van der Waals surface area contributed by atoms with E-state index in [2.05, 4.69) is 25.8 Å². The largest absolute Gasteiger partial charge is 0.392 e. The van der Waals surface area contributed by atoms with Gasteiger partial charge < -0.3 is 20.2 Å². The van der Waals surface area contributed by atoms with Gasteiger partial charge in [-0.25, -0.2) is 18.4 Å². The minimum absolute atomic E-state index is 0.0302. The Labute approximate surface area is 204 Å². The molecule has 0 aliphatic heterocycles. The lowest BCUT2D eigenvalue weighted by Crippen LogP contribution is -2.26. The van der Waals surface area contributed by atoms with Crippen LogP contribution in [0, 0.1) is 0 Å². The molecule has 2 aromatic rings. The molecule has 188 valence electrons. The Balaban J connectivity index is 1.80. The second-order valence-corrected chi connectivity index (χ2v) is 10.1. The van der Waals surface area contributed by atoms with Gasteiger partial charge in [0.25, 0.3) is 11.8 Å². The van der Waals surface area contributed by atoms with Crippen molar-refractivity contribution in [3.05, 3.63) is 47.9 Å². The summed E-state index contributed by atoms with van der Waals surface area (Å²) in [6, 6.07) is 5.90. The monoisotopic (exact) mass is 503 g/mol. The van der Waals surface area contributed by atoms with Crippen LogP contribution in [0.2, 0.25) is 0 Å². The summed E-state index contributed by atoms with van der Waals surface area (Å²) in [7, 11) is -0.493. The molecule has 35 heavy (non-hydrogen) atoms. The van der Waals surface area contributed by atoms with Crippen molar-refractivity contribution in [3.8, 4) is 0 Å². The van der Waals surface area contributed by atoms with Gasteiger partial charge in [-0.3, -0.25) is 9.59 Å². The van der Waals surface area contributed by atoms with Crippen LogP contribution in [0.25, 0.3) is 0 Å². The maximum Gasteiger partial charge on any atom is 0.279 e. The van der Waals surface area contributed by atoms with Gasteiger partial charge in [0.2, 0.25) is 0 Å². The summed E-state index contributed by atoms with van der Waals surface area (Å²) in [5, 5.41) is 9.14. The number of hydrogen-bond donors (Lipinski definition) is 2. The molecule has 3 rings (SSSR count). The molecular weight excluding hydrogens is 474 g/mol. The number of aromatic nitrogens is 2. The SMILES string of the molecule is CNC(=O)c1cnc(NC(=O)/C(=N/OC2CCCC2)c2ccc(S(=O)(=O)CCCOC)cc2)cn1. The van der Waals surface area contributed by atoms with Crippen LogP contribution in [0.5, 0.6) is 0 Å². The van der Waals surface area contributed by atoms with E-state index in [-0.39, 0.29) is 34.0 Å². The third-order valence-corrected chi connectivity index (χ3v) is 7.23. The van der Waals surface area contributed by atoms with E-state index in [1.807, 2.05) is 0 Å². The Morgan fingerprint density at radius 3 is 2.43 bits per heavy atom. The quantitative estimate of drug-likeness (QED) is 0.268. The van der Waals surface area contributed by atoms with E-state index in [1.54, 1.807) is 0 Å². The summed E-state index contributed by atoms with van der Waals surface area (Å²) in [5.74, 6) is -0.939. The Hall–Kier alpha value is -3.38. The van der Waals surface area contributed by atoms with Gasteiger partial charge in [-0.05, 0) is 44.2 Å². The molecule has 1 aliphatic carbocycles. The number of rotatable bonds is 11. The van der Waals surface area contributed by atoms with Gasteiger partial charge in [-0.15, -0.1) is 0 Å². The normalized spacial score (nSPS) is 14.5. The molecular formula is C23H29N5O6S. The van der Waals surface area contributed by atoms with Crippen LogP contribution in [0.3, 0.4) is 0 Å². The number of anilines is 1. The molecule has 2 amide bonds. The zero-order valence-corrected chi connectivity index (χ0v) is 20.5. The molecule has 0 atom stereocenters. The summed E-state index contributed by atoms with van der Waals surface area (Å²) in [6.07, 6.45) is 6.56. The molecule has 1 saturated carbocycles. The zero-order valence-electron chi connectivity index (χ0n) is 19.7. The number of carbonyl (C=O) groups is 2. The number of methoxy groups -OCH3 is 1. The van der Waals surface area contributed by atoms with Crippen LogP contribution in [-0.4, -0.2) is 68.5 Å². The Morgan fingerprint density at radius 1 is 1.11 bits per heavy atom. The van der Waals surface area contributed by atoms with Gasteiger partial charge in [0.15, 0.2) is 21.4 Å². The molecule has 0 saturated heterocycles. The van der Waals surface area contributed by atoms with Crippen LogP contribution in [0.1, 0.15) is 48.2 Å². The van der Waals surface area contributed by atoms with E-state index < -0.39 is 21.7 Å². The van der Waals surface area contributed by atoms with E-state index in [0.29, 0.717) is 18.6 Å². The molecule has 1 aromatic carbocycles. The maximum atomic E-state index is 13.0. The average molecular weight is 504 g/mol. The van der Waals surface area contributed by atoms with Gasteiger partial charge >= 0.3 is 0 Å². The van der Waals surface area contributed by atoms with Gasteiger partial charge in [-0.2, -0.15) is 0 Å². The third-order valence-electron chi connectivity index (χ3n) is 5.41. The molecule has 0 radical (unpaired) electrons. The second-order valence-electron chi connectivity index (χ2n) is 7.96. The Morgan fingerprint density at radius 2 is 1.83 bits per heavy atom. The fourth-order valence-corrected chi connectivity index (χ4v) is 4.78. The highest BCUT2D eigenvalue weighted by atomic mass is 32.2. The number of hydrogen-bond acceptors (Lipinski definition) is 9. The first-order valence-electron chi connectivity index (χ1n) is 11.3. The maximum absolute atomic E-state index is 13.0. The number of nitrogens with zero attached hydrogens (tertiary/aromatic N) is 3. The second kappa shape index (κ2) is 12.4. The van der Waals surface area contributed by atoms with Crippen molar-refractivity contribution in [1.82, 2.24) is 15.3 Å². The fourth-order valence-electron chi connectivity index (χ4n) is 3.49. The van der Waals surface area contributed by atoms with Crippen molar-refractivity contribution in [2.45, 2.75) is 43.1 Å². The molecule has 1 fully saturated rings. The molecule has 0 unspecified atom stereocenters. The van der Waals surface area contributed by atoms with Gasteiger partial charge in [-0.1, -0.05) is 17.3 Å². The highest BCUT2D eigenvalue weighted by Gasteiger charge is 2.22. The zero-order chi connectivity index (χ0) is 25.3. The first kappa shape index (κ1) is 26.2. The number of nitrogens with one attached hydrogen (secondary N) is 2. The minimum Gasteiger partial charge on any atom is -0.392 e. The molecule has 0 spiro atoms. The van der Waals surface area contributed by atoms with Crippen molar-refractivity contribution >= 4 is 33.2 Å². The summed E-state index contributed by atoms with van der Waals surface area (Å²) in [4.78, 5) is 38.5. The first-order valence-corrected chi connectivity index (χ1v) is 12.9. The molecule has 0 bridgehead atoms. The lowest BCUT2D eigenvalue weighted by Gasteiger charge is -2.12. The summed E-state index contributed by atoms with van der Waals surface area (Å²) in [5.41, 5.74) is 0.454. The van der Waals surface area contributed by atoms with Gasteiger partial charge in [0.1, 0.15) is 11.8 Å². The van der Waals surface area contributed by atoms with E-state index in [1.165, 1.54) is 50.8 Å². The summed E-state index contributed by atoms with van der Waals surface area (Å²) >= 11 is 0. The lowest BCUT2D eigenvalue weighted by atomic mass is 10.1. The van der Waals surface area contributed by atoms with Crippen LogP contribution < -0.4 is 10.6 Å².